The average Bonchev–Trinajstić information content (AvgIpc) is 3.28. The lowest BCUT2D eigenvalue weighted by atomic mass is 10.0. The molecule has 2 fully saturated rings. The Kier molecular flexibility index (Phi) is 7.98. The zero-order valence-electron chi connectivity index (χ0n) is 21.6. The molecule has 0 saturated carbocycles. The van der Waals surface area contributed by atoms with Crippen molar-refractivity contribution in [2.24, 2.45) is 0 Å². The van der Waals surface area contributed by atoms with Crippen LogP contribution in [-0.4, -0.2) is 54.3 Å². The lowest BCUT2D eigenvalue weighted by Gasteiger charge is -2.35. The lowest BCUT2D eigenvalue weighted by molar-refractivity contribution is -0.122. The number of rotatable bonds is 5. The molecule has 2 aromatic rings. The maximum absolute atomic E-state index is 13.1. The minimum Gasteiger partial charge on any atom is -0.487 e. The Bertz CT molecular complexity index is 1100. The van der Waals surface area contributed by atoms with Crippen molar-refractivity contribution >= 4 is 35.0 Å². The van der Waals surface area contributed by atoms with Crippen LogP contribution in [0.25, 0.3) is 0 Å². The van der Waals surface area contributed by atoms with E-state index in [0.29, 0.717) is 29.4 Å². The van der Waals surface area contributed by atoms with Gasteiger partial charge in [0.15, 0.2) is 0 Å². The van der Waals surface area contributed by atoms with Gasteiger partial charge >= 0.3 is 6.09 Å². The average molecular weight is 514 g/mol. The first-order valence-electron chi connectivity index (χ1n) is 12.7. The number of carbonyl (C=O) groups is 2. The molecule has 4 rings (SSSR count). The Morgan fingerprint density at radius 3 is 2.56 bits per heavy atom. The molecule has 0 aromatic heterocycles. The summed E-state index contributed by atoms with van der Waals surface area (Å²) in [5.41, 5.74) is 2.44. The van der Waals surface area contributed by atoms with Crippen molar-refractivity contribution in [1.82, 2.24) is 4.90 Å². The van der Waals surface area contributed by atoms with Gasteiger partial charge in [0, 0.05) is 30.9 Å². The van der Waals surface area contributed by atoms with Crippen LogP contribution in [0.15, 0.2) is 42.5 Å². The lowest BCUT2D eigenvalue weighted by Crippen LogP contribution is -2.51. The number of para-hydroxylation sites is 1. The van der Waals surface area contributed by atoms with E-state index in [-0.39, 0.29) is 12.0 Å². The number of aryl methyl sites for hydroxylation is 1. The summed E-state index contributed by atoms with van der Waals surface area (Å²) in [4.78, 5) is 29.6. The van der Waals surface area contributed by atoms with Crippen LogP contribution in [0.1, 0.15) is 52.0 Å². The molecule has 2 aliphatic heterocycles. The molecular formula is C28H36ClN3O4. The van der Waals surface area contributed by atoms with E-state index in [1.54, 1.807) is 18.2 Å². The molecule has 2 atom stereocenters. The van der Waals surface area contributed by atoms with E-state index in [0.717, 1.165) is 32.4 Å². The van der Waals surface area contributed by atoms with Crippen molar-refractivity contribution in [2.45, 2.75) is 71.1 Å². The second kappa shape index (κ2) is 11.0. The van der Waals surface area contributed by atoms with E-state index in [9.17, 15) is 9.59 Å². The van der Waals surface area contributed by atoms with E-state index >= 15 is 0 Å². The van der Waals surface area contributed by atoms with Crippen LogP contribution in [0.5, 0.6) is 5.75 Å². The molecule has 1 N–H and O–H groups in total. The maximum atomic E-state index is 13.1. The number of ether oxygens (including phenoxy) is 2. The summed E-state index contributed by atoms with van der Waals surface area (Å²) in [6, 6.07) is 13.1. The van der Waals surface area contributed by atoms with Gasteiger partial charge in [-0.05, 0) is 76.8 Å². The van der Waals surface area contributed by atoms with Crippen molar-refractivity contribution in [2.75, 3.05) is 29.9 Å². The third-order valence-corrected chi connectivity index (χ3v) is 6.82. The van der Waals surface area contributed by atoms with E-state index in [2.05, 4.69) is 35.3 Å². The SMILES string of the molecule is Cc1ccccc1N1CC[C@H](Oc2ccc(NC(=O)[C@H]3CCCCN3C(=O)OC(C)(C)C)cc2Cl)C1. The topological polar surface area (TPSA) is 71.1 Å². The summed E-state index contributed by atoms with van der Waals surface area (Å²) in [7, 11) is 0. The zero-order valence-corrected chi connectivity index (χ0v) is 22.3. The molecule has 0 radical (unpaired) electrons. The molecule has 2 aliphatic rings. The molecule has 194 valence electrons. The number of likely N-dealkylation sites (tertiary alicyclic amines) is 1. The Morgan fingerprint density at radius 1 is 1.06 bits per heavy atom. The molecular weight excluding hydrogens is 478 g/mol. The number of carbonyl (C=O) groups excluding carboxylic acids is 2. The third kappa shape index (κ3) is 6.44. The number of amides is 2. The van der Waals surface area contributed by atoms with E-state index in [1.807, 2.05) is 26.8 Å². The maximum Gasteiger partial charge on any atom is 0.410 e. The van der Waals surface area contributed by atoms with Crippen LogP contribution in [0, 0.1) is 6.92 Å². The molecule has 36 heavy (non-hydrogen) atoms. The van der Waals surface area contributed by atoms with Crippen molar-refractivity contribution in [3.8, 4) is 5.75 Å². The first kappa shape index (κ1) is 26.1. The van der Waals surface area contributed by atoms with Crippen molar-refractivity contribution in [3.63, 3.8) is 0 Å². The summed E-state index contributed by atoms with van der Waals surface area (Å²) in [6.45, 7) is 9.80. The molecule has 0 aliphatic carbocycles. The smallest absolute Gasteiger partial charge is 0.410 e. The van der Waals surface area contributed by atoms with Gasteiger partial charge in [0.1, 0.15) is 23.5 Å². The van der Waals surface area contributed by atoms with Gasteiger partial charge in [0.25, 0.3) is 0 Å². The first-order valence-corrected chi connectivity index (χ1v) is 13.1. The summed E-state index contributed by atoms with van der Waals surface area (Å²) < 4.78 is 11.7. The number of benzene rings is 2. The highest BCUT2D eigenvalue weighted by Gasteiger charge is 2.35. The number of hydrogen-bond donors (Lipinski definition) is 1. The molecule has 2 amide bonds. The molecule has 2 aromatic carbocycles. The van der Waals surface area contributed by atoms with Crippen LogP contribution in [0.3, 0.4) is 0 Å². The fourth-order valence-electron chi connectivity index (χ4n) is 4.78. The third-order valence-electron chi connectivity index (χ3n) is 6.53. The van der Waals surface area contributed by atoms with E-state index < -0.39 is 17.7 Å². The monoisotopic (exact) mass is 513 g/mol. The highest BCUT2D eigenvalue weighted by Crippen LogP contribution is 2.32. The summed E-state index contributed by atoms with van der Waals surface area (Å²) >= 11 is 6.53. The molecule has 8 heteroatoms. The van der Waals surface area contributed by atoms with Gasteiger partial charge in [-0.3, -0.25) is 9.69 Å². The molecule has 2 saturated heterocycles. The van der Waals surface area contributed by atoms with E-state index in [4.69, 9.17) is 21.1 Å². The summed E-state index contributed by atoms with van der Waals surface area (Å²) in [5, 5.41) is 3.36. The minimum atomic E-state index is -0.616. The van der Waals surface area contributed by atoms with E-state index in [1.165, 1.54) is 16.2 Å². The number of halogens is 1. The molecule has 0 spiro atoms. The molecule has 0 unspecified atom stereocenters. The number of anilines is 2. The fourth-order valence-corrected chi connectivity index (χ4v) is 5.01. The Hall–Kier alpha value is -2.93. The van der Waals surface area contributed by atoms with Gasteiger partial charge in [-0.15, -0.1) is 0 Å². The minimum absolute atomic E-state index is 0.0344. The Morgan fingerprint density at radius 2 is 1.83 bits per heavy atom. The predicted molar refractivity (Wildman–Crippen MR) is 143 cm³/mol. The van der Waals surface area contributed by atoms with Crippen LogP contribution in [-0.2, 0) is 9.53 Å². The Balaban J connectivity index is 1.36. The largest absolute Gasteiger partial charge is 0.487 e. The molecule has 7 nitrogen and oxygen atoms in total. The number of nitrogens with zero attached hydrogens (tertiary/aromatic N) is 2. The van der Waals surface area contributed by atoms with Gasteiger partial charge in [-0.25, -0.2) is 4.79 Å². The Labute approximate surface area is 218 Å². The van der Waals surface area contributed by atoms with Gasteiger partial charge in [0.05, 0.1) is 11.6 Å². The zero-order chi connectivity index (χ0) is 25.9. The van der Waals surface area contributed by atoms with Crippen LogP contribution >= 0.6 is 11.6 Å². The first-order chi connectivity index (χ1) is 17.1. The van der Waals surface area contributed by atoms with Crippen molar-refractivity contribution in [3.05, 3.63) is 53.1 Å². The molecule has 2 heterocycles. The van der Waals surface area contributed by atoms with Crippen LogP contribution < -0.4 is 15.0 Å². The molecule has 0 bridgehead atoms. The van der Waals surface area contributed by atoms with Crippen LogP contribution in [0.2, 0.25) is 5.02 Å². The predicted octanol–water partition coefficient (Wildman–Crippen LogP) is 6.03. The second-order valence-electron chi connectivity index (χ2n) is 10.6. The summed E-state index contributed by atoms with van der Waals surface area (Å²) in [5.74, 6) is 0.356. The normalized spacial score (nSPS) is 20.2. The second-order valence-corrected chi connectivity index (χ2v) is 11.0. The standard InChI is InChI=1S/C28H36ClN3O4/c1-19-9-5-6-10-23(19)31-16-14-21(18-31)35-25-13-12-20(17-22(25)29)30-26(33)24-11-7-8-15-32(24)27(34)36-28(2,3)4/h5-6,9-10,12-13,17,21,24H,7-8,11,14-16,18H2,1-4H3,(H,30,33)/t21-,24+/m0/s1. The van der Waals surface area contributed by atoms with Gasteiger partial charge in [-0.2, -0.15) is 0 Å². The highest BCUT2D eigenvalue weighted by molar-refractivity contribution is 6.32. The van der Waals surface area contributed by atoms with Crippen LogP contribution in [0.4, 0.5) is 16.2 Å². The van der Waals surface area contributed by atoms with Gasteiger partial charge in [0.2, 0.25) is 5.91 Å². The number of nitrogens with one attached hydrogen (secondary N) is 1. The fraction of sp³-hybridized carbons (Fsp3) is 0.500. The van der Waals surface area contributed by atoms with Gasteiger partial charge < -0.3 is 19.7 Å². The quantitative estimate of drug-likeness (QED) is 0.528. The highest BCUT2D eigenvalue weighted by atomic mass is 35.5. The van der Waals surface area contributed by atoms with Gasteiger partial charge in [-0.1, -0.05) is 29.8 Å². The van der Waals surface area contributed by atoms with Crippen molar-refractivity contribution < 1.29 is 19.1 Å². The summed E-state index contributed by atoms with van der Waals surface area (Å²) in [6.07, 6.45) is 2.81. The number of piperidine rings is 1. The number of hydrogen-bond acceptors (Lipinski definition) is 5. The van der Waals surface area contributed by atoms with Crippen molar-refractivity contribution in [1.29, 1.82) is 0 Å².